The fourth-order valence-corrected chi connectivity index (χ4v) is 4.64. The molecule has 0 bridgehead atoms. The Kier molecular flexibility index (Phi) is 7.11. The van der Waals surface area contributed by atoms with E-state index in [1.165, 1.54) is 21.6 Å². The summed E-state index contributed by atoms with van der Waals surface area (Å²) in [5, 5.41) is 0. The number of aryl methyl sites for hydroxylation is 3. The summed E-state index contributed by atoms with van der Waals surface area (Å²) in [7, 11) is 0. The second kappa shape index (κ2) is 9.61. The molecule has 0 saturated heterocycles. The van der Waals surface area contributed by atoms with E-state index >= 15 is 0 Å². The summed E-state index contributed by atoms with van der Waals surface area (Å²) in [6.45, 7) is 11.6. The van der Waals surface area contributed by atoms with Crippen molar-refractivity contribution < 1.29 is 14.3 Å². The molecule has 0 atom stereocenters. The van der Waals surface area contributed by atoms with Crippen LogP contribution < -0.4 is 4.74 Å². The lowest BCUT2D eigenvalue weighted by Crippen LogP contribution is -2.27. The maximum absolute atomic E-state index is 12.0. The summed E-state index contributed by atoms with van der Waals surface area (Å²) in [6.07, 6.45) is 0. The Morgan fingerprint density at radius 2 is 1.42 bits per heavy atom. The number of hydrogen-bond acceptors (Lipinski definition) is 4. The second-order valence-electron chi connectivity index (χ2n) is 8.67. The molecule has 3 aromatic rings. The Bertz CT molecular complexity index is 1060. The van der Waals surface area contributed by atoms with Crippen LogP contribution in [0.2, 0.25) is 0 Å². The van der Waals surface area contributed by atoms with Crippen LogP contribution in [0.1, 0.15) is 37.5 Å². The monoisotopic (exact) mass is 434 g/mol. The Morgan fingerprint density at radius 3 is 2.03 bits per heavy atom. The first-order valence-corrected chi connectivity index (χ1v) is 11.2. The second-order valence-corrected chi connectivity index (χ2v) is 9.79. The van der Waals surface area contributed by atoms with Gasteiger partial charge in [0, 0.05) is 9.79 Å². The zero-order valence-electron chi connectivity index (χ0n) is 19.1. The van der Waals surface area contributed by atoms with Crippen LogP contribution in [0.4, 0.5) is 0 Å². The molecular weight excluding hydrogens is 404 g/mol. The van der Waals surface area contributed by atoms with Crippen LogP contribution in [0.5, 0.6) is 5.75 Å². The lowest BCUT2D eigenvalue weighted by Gasteiger charge is -2.20. The van der Waals surface area contributed by atoms with Crippen molar-refractivity contribution in [3.05, 3.63) is 77.4 Å². The van der Waals surface area contributed by atoms with Crippen molar-refractivity contribution in [1.29, 1.82) is 0 Å². The summed E-state index contributed by atoms with van der Waals surface area (Å²) in [5.41, 5.74) is 5.21. The standard InChI is InChI=1S/C27H30O3S/c1-18-11-7-8-12-22(18)23-13-9-10-14-24(23)31-21-15-19(2)26(20(3)16-21)29-17-25(28)30-27(4,5)6/h7-16H,17H2,1-6H3. The SMILES string of the molecule is Cc1ccccc1-c1ccccc1Sc1cc(C)c(OCC(=O)OC(C)(C)C)c(C)c1. The molecule has 31 heavy (non-hydrogen) atoms. The van der Waals surface area contributed by atoms with Crippen LogP contribution in [-0.4, -0.2) is 18.2 Å². The molecule has 0 aliphatic heterocycles. The molecule has 162 valence electrons. The highest BCUT2D eigenvalue weighted by Gasteiger charge is 2.18. The Balaban J connectivity index is 1.81. The molecule has 3 nitrogen and oxygen atoms in total. The number of carbonyl (C=O) groups excluding carboxylic acids is 1. The van der Waals surface area contributed by atoms with Crippen molar-refractivity contribution in [2.45, 2.75) is 56.9 Å². The van der Waals surface area contributed by atoms with Crippen LogP contribution in [0.25, 0.3) is 11.1 Å². The highest BCUT2D eigenvalue weighted by atomic mass is 32.2. The van der Waals surface area contributed by atoms with E-state index in [2.05, 4.69) is 67.6 Å². The number of benzene rings is 3. The molecule has 0 spiro atoms. The Hall–Kier alpha value is -2.72. The maximum Gasteiger partial charge on any atom is 0.344 e. The van der Waals surface area contributed by atoms with E-state index in [1.54, 1.807) is 11.8 Å². The maximum atomic E-state index is 12.0. The van der Waals surface area contributed by atoms with Crippen molar-refractivity contribution in [3.63, 3.8) is 0 Å². The van der Waals surface area contributed by atoms with Crippen LogP contribution >= 0.6 is 11.8 Å². The highest BCUT2D eigenvalue weighted by molar-refractivity contribution is 7.99. The third kappa shape index (κ3) is 6.14. The quantitative estimate of drug-likeness (QED) is 0.386. The summed E-state index contributed by atoms with van der Waals surface area (Å²) < 4.78 is 11.1. The topological polar surface area (TPSA) is 35.5 Å². The van der Waals surface area contributed by atoms with Gasteiger partial charge in [-0.3, -0.25) is 0 Å². The van der Waals surface area contributed by atoms with E-state index in [4.69, 9.17) is 9.47 Å². The molecule has 0 N–H and O–H groups in total. The van der Waals surface area contributed by atoms with Gasteiger partial charge in [-0.25, -0.2) is 4.79 Å². The molecule has 3 aromatic carbocycles. The fraction of sp³-hybridized carbons (Fsp3) is 0.296. The molecule has 0 saturated carbocycles. The van der Waals surface area contributed by atoms with E-state index in [0.717, 1.165) is 21.8 Å². The zero-order chi connectivity index (χ0) is 22.6. The molecule has 3 rings (SSSR count). The average Bonchev–Trinajstić information content (AvgIpc) is 2.67. The summed E-state index contributed by atoms with van der Waals surface area (Å²) >= 11 is 1.74. The van der Waals surface area contributed by atoms with Gasteiger partial charge in [0.25, 0.3) is 0 Å². The minimum atomic E-state index is -0.518. The van der Waals surface area contributed by atoms with Gasteiger partial charge in [0.05, 0.1) is 0 Å². The molecule has 0 heterocycles. The lowest BCUT2D eigenvalue weighted by atomic mass is 10.0. The first kappa shape index (κ1) is 23.0. The van der Waals surface area contributed by atoms with E-state index in [1.807, 2.05) is 34.6 Å². The van der Waals surface area contributed by atoms with Crippen molar-refractivity contribution in [2.75, 3.05) is 6.61 Å². The van der Waals surface area contributed by atoms with Crippen LogP contribution in [0.3, 0.4) is 0 Å². The van der Waals surface area contributed by atoms with Gasteiger partial charge in [-0.2, -0.15) is 0 Å². The molecule has 0 amide bonds. The van der Waals surface area contributed by atoms with Gasteiger partial charge in [0.1, 0.15) is 11.4 Å². The number of carbonyl (C=O) groups is 1. The van der Waals surface area contributed by atoms with Crippen molar-refractivity contribution in [3.8, 4) is 16.9 Å². The van der Waals surface area contributed by atoms with Gasteiger partial charge in [0.2, 0.25) is 0 Å². The van der Waals surface area contributed by atoms with Gasteiger partial charge in [0.15, 0.2) is 6.61 Å². The number of hydrogen-bond donors (Lipinski definition) is 0. The van der Waals surface area contributed by atoms with Gasteiger partial charge in [-0.15, -0.1) is 0 Å². The first-order valence-electron chi connectivity index (χ1n) is 10.4. The third-order valence-corrected chi connectivity index (χ3v) is 5.79. The summed E-state index contributed by atoms with van der Waals surface area (Å²) in [5.74, 6) is 0.374. The van der Waals surface area contributed by atoms with E-state index in [9.17, 15) is 4.79 Å². The van der Waals surface area contributed by atoms with E-state index in [0.29, 0.717) is 0 Å². The molecule has 0 radical (unpaired) electrons. The highest BCUT2D eigenvalue weighted by Crippen LogP contribution is 2.39. The Morgan fingerprint density at radius 1 is 0.839 bits per heavy atom. The first-order chi connectivity index (χ1) is 14.6. The summed E-state index contributed by atoms with van der Waals surface area (Å²) in [4.78, 5) is 14.4. The molecular formula is C27H30O3S. The molecule has 0 aliphatic rings. The van der Waals surface area contributed by atoms with Crippen LogP contribution in [-0.2, 0) is 9.53 Å². The van der Waals surface area contributed by atoms with Crippen molar-refractivity contribution in [2.24, 2.45) is 0 Å². The van der Waals surface area contributed by atoms with Gasteiger partial charge in [-0.05, 0) is 87.6 Å². The van der Waals surface area contributed by atoms with Gasteiger partial charge < -0.3 is 9.47 Å². The van der Waals surface area contributed by atoms with Gasteiger partial charge in [-0.1, -0.05) is 54.2 Å². The Labute approximate surface area is 189 Å². The summed E-state index contributed by atoms with van der Waals surface area (Å²) in [6, 6.07) is 21.1. The number of rotatable bonds is 6. The normalized spacial score (nSPS) is 11.3. The minimum absolute atomic E-state index is 0.0957. The molecule has 4 heteroatoms. The third-order valence-electron chi connectivity index (χ3n) is 4.74. The van der Waals surface area contributed by atoms with E-state index in [-0.39, 0.29) is 12.6 Å². The molecule has 0 aromatic heterocycles. The largest absolute Gasteiger partial charge is 0.481 e. The van der Waals surface area contributed by atoms with Crippen molar-refractivity contribution in [1.82, 2.24) is 0 Å². The van der Waals surface area contributed by atoms with Crippen LogP contribution in [0, 0.1) is 20.8 Å². The molecule has 0 aliphatic carbocycles. The fourth-order valence-electron chi connectivity index (χ4n) is 3.48. The zero-order valence-corrected chi connectivity index (χ0v) is 19.9. The lowest BCUT2D eigenvalue weighted by molar-refractivity contribution is -0.157. The minimum Gasteiger partial charge on any atom is -0.481 e. The van der Waals surface area contributed by atoms with Crippen molar-refractivity contribution >= 4 is 17.7 Å². The van der Waals surface area contributed by atoms with E-state index < -0.39 is 5.60 Å². The van der Waals surface area contributed by atoms with Gasteiger partial charge >= 0.3 is 5.97 Å². The van der Waals surface area contributed by atoms with Crippen LogP contribution in [0.15, 0.2) is 70.5 Å². The smallest absolute Gasteiger partial charge is 0.344 e. The average molecular weight is 435 g/mol. The predicted molar refractivity (Wildman–Crippen MR) is 128 cm³/mol. The number of esters is 1. The number of ether oxygens (including phenoxy) is 2. The molecule has 0 fully saturated rings. The molecule has 0 unspecified atom stereocenters. The predicted octanol–water partition coefficient (Wildman–Crippen LogP) is 7.15.